The van der Waals surface area contributed by atoms with Crippen LogP contribution in [0.1, 0.15) is 38.5 Å². The van der Waals surface area contributed by atoms with Crippen LogP contribution in [0.4, 0.5) is 10.5 Å². The molecule has 7 heteroatoms. The van der Waals surface area contributed by atoms with Crippen molar-refractivity contribution in [3.63, 3.8) is 0 Å². The maximum atomic E-state index is 12.4. The van der Waals surface area contributed by atoms with Crippen molar-refractivity contribution in [2.45, 2.75) is 49.0 Å². The second-order valence-corrected chi connectivity index (χ2v) is 9.41. The van der Waals surface area contributed by atoms with E-state index in [1.807, 2.05) is 0 Å². The lowest BCUT2D eigenvalue weighted by molar-refractivity contribution is -0.0127. The molecule has 4 saturated carbocycles. The fourth-order valence-electron chi connectivity index (χ4n) is 5.39. The third kappa shape index (κ3) is 3.02. The van der Waals surface area contributed by atoms with Gasteiger partial charge in [0.05, 0.1) is 4.90 Å². The standard InChI is InChI=1S/C17H23N3O3S/c18-24(22,23)15-3-1-14(2-4-15)19-16(21)20-17-8-11-5-12(9-17)7-13(6-11)10-17/h1-4,11-13H,5-10H2,(H2,18,22,23)(H2,19,20,21). The number of nitrogens with two attached hydrogens (primary N) is 1. The van der Waals surface area contributed by atoms with E-state index in [-0.39, 0.29) is 16.5 Å². The summed E-state index contributed by atoms with van der Waals surface area (Å²) < 4.78 is 22.5. The number of carbonyl (C=O) groups excluding carboxylic acids is 1. The first-order valence-corrected chi connectivity index (χ1v) is 10.1. The van der Waals surface area contributed by atoms with Gasteiger partial charge < -0.3 is 10.6 Å². The maximum absolute atomic E-state index is 12.4. The van der Waals surface area contributed by atoms with Gasteiger partial charge in [-0.2, -0.15) is 0 Å². The SMILES string of the molecule is NS(=O)(=O)c1ccc(NC(=O)NC23CC4CC(CC(C4)C2)C3)cc1. The Morgan fingerprint density at radius 2 is 1.50 bits per heavy atom. The van der Waals surface area contributed by atoms with Crippen molar-refractivity contribution in [3.05, 3.63) is 24.3 Å². The Hall–Kier alpha value is -1.60. The van der Waals surface area contributed by atoms with E-state index in [0.29, 0.717) is 5.69 Å². The third-order valence-electron chi connectivity index (χ3n) is 5.86. The van der Waals surface area contributed by atoms with Crippen LogP contribution in [-0.2, 0) is 10.0 Å². The minimum Gasteiger partial charge on any atom is -0.332 e. The number of sulfonamides is 1. The van der Waals surface area contributed by atoms with Crippen LogP contribution in [-0.4, -0.2) is 20.0 Å². The van der Waals surface area contributed by atoms with Crippen LogP contribution in [0, 0.1) is 17.8 Å². The van der Waals surface area contributed by atoms with Crippen molar-refractivity contribution >= 4 is 21.7 Å². The van der Waals surface area contributed by atoms with Crippen LogP contribution in [0.15, 0.2) is 29.2 Å². The van der Waals surface area contributed by atoms with Crippen molar-refractivity contribution in [3.8, 4) is 0 Å². The van der Waals surface area contributed by atoms with Gasteiger partial charge in [-0.3, -0.25) is 0 Å². The highest BCUT2D eigenvalue weighted by Gasteiger charge is 2.51. The molecular formula is C17H23N3O3S. The molecule has 0 heterocycles. The molecule has 4 N–H and O–H groups in total. The first kappa shape index (κ1) is 15.9. The Bertz CT molecular complexity index is 723. The molecule has 1 aromatic carbocycles. The van der Waals surface area contributed by atoms with Gasteiger partial charge in [0.15, 0.2) is 0 Å². The first-order chi connectivity index (χ1) is 11.3. The summed E-state index contributed by atoms with van der Waals surface area (Å²) in [6.45, 7) is 0. The lowest BCUT2D eigenvalue weighted by atomic mass is 9.53. The Balaban J connectivity index is 1.42. The molecule has 4 aliphatic rings. The van der Waals surface area contributed by atoms with Crippen molar-refractivity contribution in [2.24, 2.45) is 22.9 Å². The first-order valence-electron chi connectivity index (χ1n) is 8.53. The lowest BCUT2D eigenvalue weighted by Crippen LogP contribution is -2.60. The van der Waals surface area contributed by atoms with Gasteiger partial charge >= 0.3 is 6.03 Å². The Labute approximate surface area is 142 Å². The molecule has 4 aliphatic carbocycles. The van der Waals surface area contributed by atoms with Crippen molar-refractivity contribution in [2.75, 3.05) is 5.32 Å². The molecule has 24 heavy (non-hydrogen) atoms. The maximum Gasteiger partial charge on any atom is 0.319 e. The van der Waals surface area contributed by atoms with Crippen molar-refractivity contribution in [1.82, 2.24) is 5.32 Å². The van der Waals surface area contributed by atoms with Gasteiger partial charge in [0, 0.05) is 11.2 Å². The molecule has 0 radical (unpaired) electrons. The van der Waals surface area contributed by atoms with Crippen LogP contribution in [0.2, 0.25) is 0 Å². The molecule has 6 nitrogen and oxygen atoms in total. The number of benzene rings is 1. The second kappa shape index (κ2) is 5.46. The van der Waals surface area contributed by atoms with E-state index < -0.39 is 10.0 Å². The zero-order valence-corrected chi connectivity index (χ0v) is 14.3. The molecule has 5 rings (SSSR count). The van der Waals surface area contributed by atoms with Crippen LogP contribution in [0.25, 0.3) is 0 Å². The quantitative estimate of drug-likeness (QED) is 0.781. The minimum atomic E-state index is -3.71. The molecule has 0 saturated heterocycles. The highest BCUT2D eigenvalue weighted by atomic mass is 32.2. The van der Waals surface area contributed by atoms with E-state index in [1.165, 1.54) is 31.4 Å². The average Bonchev–Trinajstić information content (AvgIpc) is 2.44. The number of urea groups is 1. The van der Waals surface area contributed by atoms with Gasteiger partial charge in [0.1, 0.15) is 0 Å². The fourth-order valence-corrected chi connectivity index (χ4v) is 5.91. The van der Waals surface area contributed by atoms with E-state index in [0.717, 1.165) is 37.0 Å². The minimum absolute atomic E-state index is 0.0366. The number of amides is 2. The van der Waals surface area contributed by atoms with Gasteiger partial charge in [0.25, 0.3) is 0 Å². The van der Waals surface area contributed by atoms with Crippen LogP contribution < -0.4 is 15.8 Å². The Morgan fingerprint density at radius 3 is 1.96 bits per heavy atom. The largest absolute Gasteiger partial charge is 0.332 e. The second-order valence-electron chi connectivity index (χ2n) is 7.85. The average molecular weight is 349 g/mol. The molecule has 2 amide bonds. The molecule has 0 unspecified atom stereocenters. The zero-order chi connectivity index (χ0) is 16.9. The molecule has 0 atom stereocenters. The van der Waals surface area contributed by atoms with Crippen molar-refractivity contribution in [1.29, 1.82) is 0 Å². The Morgan fingerprint density at radius 1 is 1.00 bits per heavy atom. The predicted molar refractivity (Wildman–Crippen MR) is 90.9 cm³/mol. The number of rotatable bonds is 3. The molecule has 130 valence electrons. The van der Waals surface area contributed by atoms with Crippen LogP contribution in [0.3, 0.4) is 0 Å². The monoisotopic (exact) mass is 349 g/mol. The Kier molecular flexibility index (Phi) is 3.61. The summed E-state index contributed by atoms with van der Waals surface area (Å²) in [5, 5.41) is 11.1. The smallest absolute Gasteiger partial charge is 0.319 e. The van der Waals surface area contributed by atoms with Gasteiger partial charge in [-0.1, -0.05) is 0 Å². The highest BCUT2D eigenvalue weighted by Crippen LogP contribution is 2.55. The molecular weight excluding hydrogens is 326 g/mol. The molecule has 4 bridgehead atoms. The molecule has 0 aromatic heterocycles. The number of primary sulfonamides is 1. The lowest BCUT2D eigenvalue weighted by Gasteiger charge is -2.56. The summed E-state index contributed by atoms with van der Waals surface area (Å²) >= 11 is 0. The van der Waals surface area contributed by atoms with E-state index in [4.69, 9.17) is 5.14 Å². The zero-order valence-electron chi connectivity index (χ0n) is 13.5. The van der Waals surface area contributed by atoms with E-state index in [2.05, 4.69) is 10.6 Å². The summed E-state index contributed by atoms with van der Waals surface area (Å²) in [4.78, 5) is 12.5. The van der Waals surface area contributed by atoms with Gasteiger partial charge in [-0.15, -0.1) is 0 Å². The molecule has 1 aromatic rings. The van der Waals surface area contributed by atoms with Crippen LogP contribution >= 0.6 is 0 Å². The summed E-state index contributed by atoms with van der Waals surface area (Å²) in [5.74, 6) is 2.31. The van der Waals surface area contributed by atoms with Gasteiger partial charge in [-0.05, 0) is 80.5 Å². The summed E-state index contributed by atoms with van der Waals surface area (Å²) in [5.41, 5.74) is 0.518. The van der Waals surface area contributed by atoms with E-state index >= 15 is 0 Å². The summed E-state index contributed by atoms with van der Waals surface area (Å²) in [6, 6.07) is 5.70. The summed E-state index contributed by atoms with van der Waals surface area (Å²) in [7, 11) is -3.71. The fraction of sp³-hybridized carbons (Fsp3) is 0.588. The van der Waals surface area contributed by atoms with E-state index in [9.17, 15) is 13.2 Å². The number of hydrogen-bond acceptors (Lipinski definition) is 3. The predicted octanol–water partition coefficient (Wildman–Crippen LogP) is 2.42. The third-order valence-corrected chi connectivity index (χ3v) is 6.79. The number of anilines is 1. The molecule has 0 spiro atoms. The topological polar surface area (TPSA) is 101 Å². The number of nitrogens with one attached hydrogen (secondary N) is 2. The highest BCUT2D eigenvalue weighted by molar-refractivity contribution is 7.89. The number of carbonyl (C=O) groups is 1. The number of hydrogen-bond donors (Lipinski definition) is 3. The normalized spacial score (nSPS) is 34.1. The summed E-state index contributed by atoms with van der Waals surface area (Å²) in [6.07, 6.45) is 7.27. The molecule has 0 aliphatic heterocycles. The van der Waals surface area contributed by atoms with Crippen molar-refractivity contribution < 1.29 is 13.2 Å². The van der Waals surface area contributed by atoms with E-state index in [1.54, 1.807) is 12.1 Å². The van der Waals surface area contributed by atoms with Gasteiger partial charge in [-0.25, -0.2) is 18.4 Å². The van der Waals surface area contributed by atoms with Gasteiger partial charge in [0.2, 0.25) is 10.0 Å². The molecule has 4 fully saturated rings. The van der Waals surface area contributed by atoms with Crippen LogP contribution in [0.5, 0.6) is 0 Å².